The number of amides is 2. The van der Waals surface area contributed by atoms with Crippen LogP contribution < -0.4 is 15.4 Å². The lowest BCUT2D eigenvalue weighted by Gasteiger charge is -2.34. The molecule has 1 aromatic carbocycles. The second kappa shape index (κ2) is 10.9. The highest BCUT2D eigenvalue weighted by molar-refractivity contribution is 5.90. The fraction of sp³-hybridized carbons (Fsp3) is 0.478. The number of anilines is 1. The van der Waals surface area contributed by atoms with E-state index < -0.39 is 0 Å². The number of rotatable bonds is 8. The van der Waals surface area contributed by atoms with Crippen molar-refractivity contribution < 1.29 is 9.53 Å². The van der Waals surface area contributed by atoms with E-state index in [4.69, 9.17) is 4.74 Å². The Hall–Kier alpha value is -2.64. The van der Waals surface area contributed by atoms with E-state index in [0.29, 0.717) is 18.1 Å². The van der Waals surface area contributed by atoms with Crippen LogP contribution in [0.5, 0.6) is 5.88 Å². The zero-order chi connectivity index (χ0) is 21.3. The van der Waals surface area contributed by atoms with Crippen molar-refractivity contribution in [3.05, 3.63) is 53.7 Å². The Morgan fingerprint density at radius 3 is 2.47 bits per heavy atom. The molecule has 7 nitrogen and oxygen atoms in total. The molecule has 0 spiro atoms. The summed E-state index contributed by atoms with van der Waals surface area (Å²) in [6.45, 7) is 13.0. The minimum Gasteiger partial charge on any atom is -0.473 e. The van der Waals surface area contributed by atoms with E-state index in [9.17, 15) is 4.79 Å². The SMILES string of the molecule is CCN1CCN(Cc2ccccc2CNC(=O)Nc2cccnc2OC(C)C)CC1. The summed E-state index contributed by atoms with van der Waals surface area (Å²) in [4.78, 5) is 21.6. The molecule has 2 heterocycles. The fourth-order valence-electron chi connectivity index (χ4n) is 3.53. The number of hydrogen-bond acceptors (Lipinski definition) is 5. The van der Waals surface area contributed by atoms with Crippen molar-refractivity contribution in [3.63, 3.8) is 0 Å². The number of carbonyl (C=O) groups is 1. The van der Waals surface area contributed by atoms with Crippen LogP contribution in [0.15, 0.2) is 42.6 Å². The van der Waals surface area contributed by atoms with Gasteiger partial charge in [-0.1, -0.05) is 31.2 Å². The molecule has 1 aromatic heterocycles. The number of ether oxygens (including phenoxy) is 1. The summed E-state index contributed by atoms with van der Waals surface area (Å²) < 4.78 is 5.67. The van der Waals surface area contributed by atoms with E-state index in [1.54, 1.807) is 18.3 Å². The molecule has 2 amide bonds. The molecule has 162 valence electrons. The Bertz CT molecular complexity index is 819. The number of nitrogens with one attached hydrogen (secondary N) is 2. The molecule has 0 aliphatic carbocycles. The third-order valence-corrected chi connectivity index (χ3v) is 5.23. The molecule has 0 unspecified atom stereocenters. The molecule has 1 fully saturated rings. The summed E-state index contributed by atoms with van der Waals surface area (Å²) in [5.74, 6) is 0.425. The average molecular weight is 412 g/mol. The van der Waals surface area contributed by atoms with Crippen molar-refractivity contribution in [3.8, 4) is 5.88 Å². The molecule has 3 rings (SSSR count). The maximum absolute atomic E-state index is 12.5. The van der Waals surface area contributed by atoms with Crippen LogP contribution in [0.1, 0.15) is 31.9 Å². The molecule has 1 aliphatic rings. The minimum atomic E-state index is -0.275. The quantitative estimate of drug-likeness (QED) is 0.697. The first-order chi connectivity index (χ1) is 14.5. The summed E-state index contributed by atoms with van der Waals surface area (Å²) in [5, 5.41) is 5.81. The normalized spacial score (nSPS) is 15.2. The van der Waals surface area contributed by atoms with Crippen LogP contribution in [0.2, 0.25) is 0 Å². The first kappa shape index (κ1) is 22.1. The molecule has 0 bridgehead atoms. The van der Waals surface area contributed by atoms with Crippen molar-refractivity contribution in [1.82, 2.24) is 20.1 Å². The van der Waals surface area contributed by atoms with E-state index in [2.05, 4.69) is 50.5 Å². The molecular formula is C23H33N5O2. The number of likely N-dealkylation sites (N-methyl/N-ethyl adjacent to an activating group) is 1. The van der Waals surface area contributed by atoms with Gasteiger partial charge in [-0.3, -0.25) is 4.90 Å². The van der Waals surface area contributed by atoms with Gasteiger partial charge in [0.2, 0.25) is 5.88 Å². The number of carbonyl (C=O) groups excluding carboxylic acids is 1. The van der Waals surface area contributed by atoms with E-state index in [-0.39, 0.29) is 12.1 Å². The largest absolute Gasteiger partial charge is 0.473 e. The standard InChI is InChI=1S/C23H33N5O2/c1-4-27-12-14-28(15-13-27)17-20-9-6-5-8-19(20)16-25-23(29)26-21-10-7-11-24-22(21)30-18(2)3/h5-11,18H,4,12-17H2,1-3H3,(H2,25,26,29). The third-order valence-electron chi connectivity index (χ3n) is 5.23. The summed E-state index contributed by atoms with van der Waals surface area (Å²) in [5.41, 5.74) is 2.95. The van der Waals surface area contributed by atoms with Gasteiger partial charge in [-0.05, 0) is 43.7 Å². The van der Waals surface area contributed by atoms with Gasteiger partial charge in [-0.2, -0.15) is 0 Å². The Morgan fingerprint density at radius 1 is 1.07 bits per heavy atom. The summed E-state index contributed by atoms with van der Waals surface area (Å²) in [6.07, 6.45) is 1.63. The molecular weight excluding hydrogens is 378 g/mol. The highest BCUT2D eigenvalue weighted by Gasteiger charge is 2.17. The Morgan fingerprint density at radius 2 is 1.77 bits per heavy atom. The summed E-state index contributed by atoms with van der Waals surface area (Å²) in [7, 11) is 0. The van der Waals surface area contributed by atoms with Gasteiger partial charge in [0.1, 0.15) is 5.69 Å². The molecule has 1 aliphatic heterocycles. The maximum atomic E-state index is 12.5. The average Bonchev–Trinajstić information content (AvgIpc) is 2.75. The first-order valence-corrected chi connectivity index (χ1v) is 10.7. The van der Waals surface area contributed by atoms with Gasteiger partial charge in [0.05, 0.1) is 6.10 Å². The number of hydrogen-bond donors (Lipinski definition) is 2. The van der Waals surface area contributed by atoms with Crippen molar-refractivity contribution in [2.45, 2.75) is 40.0 Å². The molecule has 1 saturated heterocycles. The number of nitrogens with zero attached hydrogens (tertiary/aromatic N) is 3. The molecule has 2 N–H and O–H groups in total. The number of benzene rings is 1. The van der Waals surface area contributed by atoms with Crippen LogP contribution >= 0.6 is 0 Å². The fourth-order valence-corrected chi connectivity index (χ4v) is 3.53. The van der Waals surface area contributed by atoms with Crippen LogP contribution in [0.25, 0.3) is 0 Å². The predicted octanol–water partition coefficient (Wildman–Crippen LogP) is 3.33. The molecule has 2 aromatic rings. The number of urea groups is 1. The number of aromatic nitrogens is 1. The zero-order valence-electron chi connectivity index (χ0n) is 18.2. The van der Waals surface area contributed by atoms with Crippen molar-refractivity contribution in [1.29, 1.82) is 0 Å². The molecule has 0 atom stereocenters. The van der Waals surface area contributed by atoms with Crippen LogP contribution in [0.3, 0.4) is 0 Å². The van der Waals surface area contributed by atoms with Gasteiger partial charge in [0, 0.05) is 45.5 Å². The van der Waals surface area contributed by atoms with Gasteiger partial charge in [-0.15, -0.1) is 0 Å². The molecule has 7 heteroatoms. The number of piperazine rings is 1. The Kier molecular flexibility index (Phi) is 8.04. The Balaban J connectivity index is 1.56. The highest BCUT2D eigenvalue weighted by Crippen LogP contribution is 2.21. The minimum absolute atomic E-state index is 0.0189. The van der Waals surface area contributed by atoms with Crippen molar-refractivity contribution >= 4 is 11.7 Å². The molecule has 0 radical (unpaired) electrons. The lowest BCUT2D eigenvalue weighted by Crippen LogP contribution is -2.45. The first-order valence-electron chi connectivity index (χ1n) is 10.7. The van der Waals surface area contributed by atoms with Crippen LogP contribution in [-0.4, -0.2) is 59.6 Å². The van der Waals surface area contributed by atoms with Crippen molar-refractivity contribution in [2.24, 2.45) is 0 Å². The van der Waals surface area contributed by atoms with Gasteiger partial charge < -0.3 is 20.3 Å². The van der Waals surface area contributed by atoms with E-state index in [1.165, 1.54) is 5.56 Å². The van der Waals surface area contributed by atoms with Crippen molar-refractivity contribution in [2.75, 3.05) is 38.0 Å². The molecule has 0 saturated carbocycles. The van der Waals surface area contributed by atoms with Gasteiger partial charge >= 0.3 is 6.03 Å². The van der Waals surface area contributed by atoms with Gasteiger partial charge in [0.15, 0.2) is 0 Å². The second-order valence-corrected chi connectivity index (χ2v) is 7.81. The predicted molar refractivity (Wildman–Crippen MR) is 120 cm³/mol. The van der Waals surface area contributed by atoms with Gasteiger partial charge in [0.25, 0.3) is 0 Å². The second-order valence-electron chi connectivity index (χ2n) is 7.81. The van der Waals surface area contributed by atoms with Gasteiger partial charge in [-0.25, -0.2) is 9.78 Å². The van der Waals surface area contributed by atoms with E-state index >= 15 is 0 Å². The highest BCUT2D eigenvalue weighted by atomic mass is 16.5. The Labute approximate surface area is 179 Å². The third kappa shape index (κ3) is 6.43. The summed E-state index contributed by atoms with van der Waals surface area (Å²) >= 11 is 0. The van der Waals surface area contributed by atoms with E-state index in [1.807, 2.05) is 19.9 Å². The maximum Gasteiger partial charge on any atom is 0.319 e. The zero-order valence-corrected chi connectivity index (χ0v) is 18.2. The lowest BCUT2D eigenvalue weighted by atomic mass is 10.1. The lowest BCUT2D eigenvalue weighted by molar-refractivity contribution is 0.131. The van der Waals surface area contributed by atoms with E-state index in [0.717, 1.165) is 44.8 Å². The van der Waals surface area contributed by atoms with Crippen LogP contribution in [0, 0.1) is 0 Å². The molecule has 30 heavy (non-hydrogen) atoms. The topological polar surface area (TPSA) is 69.7 Å². The monoisotopic (exact) mass is 411 g/mol. The number of pyridine rings is 1. The smallest absolute Gasteiger partial charge is 0.319 e. The van der Waals surface area contributed by atoms with Crippen LogP contribution in [-0.2, 0) is 13.1 Å². The van der Waals surface area contributed by atoms with Crippen LogP contribution in [0.4, 0.5) is 10.5 Å². The summed E-state index contributed by atoms with van der Waals surface area (Å²) in [6, 6.07) is 11.6.